The third-order valence-corrected chi connectivity index (χ3v) is 4.36. The number of hydrogen-bond acceptors (Lipinski definition) is 8. The predicted molar refractivity (Wildman–Crippen MR) is 119 cm³/mol. The summed E-state index contributed by atoms with van der Waals surface area (Å²) in [7, 11) is 0. The number of hydrogen-bond donors (Lipinski definition) is 2. The lowest BCUT2D eigenvalue weighted by atomic mass is 10.2. The number of nitrogens with one attached hydrogen (secondary N) is 2. The number of aromatic nitrogens is 2. The van der Waals surface area contributed by atoms with Gasteiger partial charge in [-0.15, -0.1) is 0 Å². The molecule has 0 atom stereocenters. The van der Waals surface area contributed by atoms with E-state index in [1.807, 2.05) is 30.3 Å². The number of nitrogens with zero attached hydrogens (tertiary/aromatic N) is 5. The minimum Gasteiger partial charge on any atom is -0.334 e. The maximum absolute atomic E-state index is 14.0. The van der Waals surface area contributed by atoms with Crippen LogP contribution in [-0.4, -0.2) is 14.9 Å². The first kappa shape index (κ1) is 21.4. The van der Waals surface area contributed by atoms with Gasteiger partial charge in [0.2, 0.25) is 11.6 Å². The summed E-state index contributed by atoms with van der Waals surface area (Å²) in [6.45, 7) is 0. The van der Waals surface area contributed by atoms with E-state index in [0.29, 0.717) is 23.1 Å². The first-order valence-electron chi connectivity index (χ1n) is 9.55. The molecule has 2 N–H and O–H groups in total. The van der Waals surface area contributed by atoms with Gasteiger partial charge < -0.3 is 10.6 Å². The molecular formula is C22H15F2N7O2. The van der Waals surface area contributed by atoms with E-state index in [2.05, 4.69) is 30.8 Å². The average Bonchev–Trinajstić information content (AvgIpc) is 2.81. The van der Waals surface area contributed by atoms with Gasteiger partial charge in [-0.05, 0) is 48.5 Å². The van der Waals surface area contributed by atoms with Crippen LogP contribution in [0.4, 0.5) is 48.9 Å². The van der Waals surface area contributed by atoms with Crippen molar-refractivity contribution in [1.82, 2.24) is 9.97 Å². The van der Waals surface area contributed by atoms with Gasteiger partial charge in [-0.2, -0.15) is 10.2 Å². The van der Waals surface area contributed by atoms with Gasteiger partial charge in [-0.25, -0.2) is 18.7 Å². The van der Waals surface area contributed by atoms with Crippen LogP contribution in [-0.2, 0) is 0 Å². The highest BCUT2D eigenvalue weighted by Gasteiger charge is 2.24. The van der Waals surface area contributed by atoms with E-state index in [4.69, 9.17) is 0 Å². The molecule has 4 aromatic rings. The van der Waals surface area contributed by atoms with Gasteiger partial charge in [0.25, 0.3) is 0 Å². The highest BCUT2D eigenvalue weighted by Crippen LogP contribution is 2.34. The molecule has 0 fully saturated rings. The second-order valence-corrected chi connectivity index (χ2v) is 6.63. The van der Waals surface area contributed by atoms with Crippen LogP contribution in [0.15, 0.2) is 89.4 Å². The number of nitro groups is 1. The fourth-order valence-corrected chi connectivity index (χ4v) is 2.81. The molecule has 164 valence electrons. The highest BCUT2D eigenvalue weighted by atomic mass is 19.1. The van der Waals surface area contributed by atoms with Crippen molar-refractivity contribution in [2.24, 2.45) is 10.2 Å². The van der Waals surface area contributed by atoms with E-state index in [1.54, 1.807) is 24.3 Å². The maximum atomic E-state index is 14.0. The van der Waals surface area contributed by atoms with Gasteiger partial charge in [0, 0.05) is 11.8 Å². The second-order valence-electron chi connectivity index (χ2n) is 6.63. The van der Waals surface area contributed by atoms with Crippen molar-refractivity contribution >= 4 is 40.1 Å². The van der Waals surface area contributed by atoms with Gasteiger partial charge in [0.1, 0.15) is 18.0 Å². The van der Waals surface area contributed by atoms with Gasteiger partial charge in [-0.3, -0.25) is 10.1 Å². The zero-order chi connectivity index (χ0) is 23.2. The Morgan fingerprint density at radius 1 is 0.818 bits per heavy atom. The lowest BCUT2D eigenvalue weighted by molar-refractivity contribution is -0.383. The van der Waals surface area contributed by atoms with Crippen LogP contribution < -0.4 is 10.6 Å². The molecule has 0 spiro atoms. The van der Waals surface area contributed by atoms with Crippen molar-refractivity contribution < 1.29 is 13.7 Å². The topological polar surface area (TPSA) is 118 Å². The molecule has 0 saturated heterocycles. The van der Waals surface area contributed by atoms with E-state index < -0.39 is 22.2 Å². The first-order valence-corrected chi connectivity index (χ1v) is 9.55. The number of halogens is 2. The summed E-state index contributed by atoms with van der Waals surface area (Å²) in [6, 6.07) is 18.7. The number of azo groups is 1. The quantitative estimate of drug-likeness (QED) is 0.188. The van der Waals surface area contributed by atoms with Gasteiger partial charge >= 0.3 is 5.69 Å². The Morgan fingerprint density at radius 3 is 2.09 bits per heavy atom. The molecular weight excluding hydrogens is 432 g/mol. The third kappa shape index (κ3) is 5.28. The van der Waals surface area contributed by atoms with E-state index in [1.165, 1.54) is 0 Å². The Labute approximate surface area is 186 Å². The van der Waals surface area contributed by atoms with Crippen LogP contribution in [0.2, 0.25) is 0 Å². The Hall–Kier alpha value is -4.80. The molecule has 0 amide bonds. The van der Waals surface area contributed by atoms with Gasteiger partial charge in [0.15, 0.2) is 0 Å². The van der Waals surface area contributed by atoms with Gasteiger partial charge in [-0.1, -0.05) is 18.2 Å². The lowest BCUT2D eigenvalue weighted by Crippen LogP contribution is -2.06. The molecule has 33 heavy (non-hydrogen) atoms. The van der Waals surface area contributed by atoms with E-state index in [9.17, 15) is 18.9 Å². The molecule has 0 saturated carbocycles. The SMILES string of the molecule is O=[N+]([O-])c1c(Nc2ccc(N=Nc3ccccc3)cc2)ncnc1Nc1ccc(F)cc1F. The molecule has 0 radical (unpaired) electrons. The highest BCUT2D eigenvalue weighted by molar-refractivity contribution is 5.77. The van der Waals surface area contributed by atoms with Crippen molar-refractivity contribution in [1.29, 1.82) is 0 Å². The normalized spacial score (nSPS) is 10.8. The molecule has 4 rings (SSSR count). The molecule has 0 aliphatic carbocycles. The zero-order valence-corrected chi connectivity index (χ0v) is 16.8. The summed E-state index contributed by atoms with van der Waals surface area (Å²) in [5.74, 6) is -2.06. The molecule has 0 unspecified atom stereocenters. The van der Waals surface area contributed by atoms with Crippen molar-refractivity contribution in [3.63, 3.8) is 0 Å². The minimum atomic E-state index is -0.919. The summed E-state index contributed by atoms with van der Waals surface area (Å²) in [4.78, 5) is 18.8. The zero-order valence-electron chi connectivity index (χ0n) is 16.8. The van der Waals surface area contributed by atoms with Crippen molar-refractivity contribution in [2.75, 3.05) is 10.6 Å². The molecule has 0 aliphatic heterocycles. The van der Waals surface area contributed by atoms with Crippen molar-refractivity contribution in [3.05, 3.63) is 101 Å². The third-order valence-electron chi connectivity index (χ3n) is 4.36. The average molecular weight is 447 g/mol. The van der Waals surface area contributed by atoms with Crippen molar-refractivity contribution in [3.8, 4) is 0 Å². The molecule has 1 aromatic heterocycles. The van der Waals surface area contributed by atoms with Gasteiger partial charge in [0.05, 0.1) is 22.0 Å². The Bertz CT molecular complexity index is 1320. The lowest BCUT2D eigenvalue weighted by Gasteiger charge is -2.10. The summed E-state index contributed by atoms with van der Waals surface area (Å²) >= 11 is 0. The van der Waals surface area contributed by atoms with E-state index in [0.717, 1.165) is 18.5 Å². The standard InChI is InChI=1S/C22H15F2N7O2/c23-14-6-11-19(18(24)12-14)28-22-20(31(32)33)21(25-13-26-22)27-15-7-9-17(10-8-15)30-29-16-4-2-1-3-5-16/h1-13H,(H2,25,26,27,28). The fraction of sp³-hybridized carbons (Fsp3) is 0. The fourth-order valence-electron chi connectivity index (χ4n) is 2.81. The van der Waals surface area contributed by atoms with Crippen LogP contribution in [0.3, 0.4) is 0 Å². The Morgan fingerprint density at radius 2 is 1.45 bits per heavy atom. The minimum absolute atomic E-state index is 0.112. The smallest absolute Gasteiger partial charge is 0.334 e. The number of anilines is 4. The predicted octanol–water partition coefficient (Wildman–Crippen LogP) is 6.57. The summed E-state index contributed by atoms with van der Waals surface area (Å²) < 4.78 is 27.1. The van der Waals surface area contributed by atoms with Crippen LogP contribution in [0.25, 0.3) is 0 Å². The molecule has 9 nitrogen and oxygen atoms in total. The summed E-state index contributed by atoms with van der Waals surface area (Å²) in [5.41, 5.74) is 1.10. The van der Waals surface area contributed by atoms with Crippen LogP contribution >= 0.6 is 0 Å². The van der Waals surface area contributed by atoms with Crippen LogP contribution in [0.5, 0.6) is 0 Å². The van der Waals surface area contributed by atoms with Crippen LogP contribution in [0, 0.1) is 21.7 Å². The van der Waals surface area contributed by atoms with Crippen molar-refractivity contribution in [2.45, 2.75) is 0 Å². The number of rotatable bonds is 7. The summed E-state index contributed by atoms with van der Waals surface area (Å²) in [5, 5.41) is 25.3. The molecule has 0 bridgehead atoms. The van der Waals surface area contributed by atoms with E-state index >= 15 is 0 Å². The Balaban J connectivity index is 1.56. The molecule has 1 heterocycles. The first-order chi connectivity index (χ1) is 16.0. The number of benzene rings is 3. The summed E-state index contributed by atoms with van der Waals surface area (Å²) in [6.07, 6.45) is 1.08. The monoisotopic (exact) mass is 447 g/mol. The van der Waals surface area contributed by atoms with E-state index in [-0.39, 0.29) is 17.3 Å². The molecule has 11 heteroatoms. The molecule has 0 aliphatic rings. The second kappa shape index (κ2) is 9.56. The molecule has 3 aromatic carbocycles. The maximum Gasteiger partial charge on any atom is 0.353 e. The largest absolute Gasteiger partial charge is 0.353 e. The van der Waals surface area contributed by atoms with Crippen LogP contribution in [0.1, 0.15) is 0 Å². The Kier molecular flexibility index (Phi) is 6.21.